The minimum absolute atomic E-state index is 0.00517. The van der Waals surface area contributed by atoms with Crippen LogP contribution in [-0.2, 0) is 23.8 Å². The Hall–Kier alpha value is -7.01. The van der Waals surface area contributed by atoms with Crippen LogP contribution >= 0.6 is 0 Å². The molecule has 5 unspecified atom stereocenters. The van der Waals surface area contributed by atoms with Gasteiger partial charge in [-0.1, -0.05) is 18.2 Å². The third kappa shape index (κ3) is 8.68. The Morgan fingerprint density at radius 3 is 2.09 bits per heavy atom. The number of aliphatic hydroxyl groups excluding tert-OH is 2. The maximum Gasteiger partial charge on any atom is 0.331 e. The molecule has 1 aliphatic rings. The number of benzene rings is 4. The van der Waals surface area contributed by atoms with Gasteiger partial charge in [0.15, 0.2) is 29.5 Å². The number of aliphatic hydroxyl groups is 2. The van der Waals surface area contributed by atoms with E-state index in [9.17, 15) is 50.1 Å². The molecule has 1 saturated heterocycles. The first-order valence-corrected chi connectivity index (χ1v) is 16.7. The summed E-state index contributed by atoms with van der Waals surface area (Å²) in [5, 5.41) is 72.2. The van der Waals surface area contributed by atoms with Gasteiger partial charge in [-0.2, -0.15) is 0 Å². The molecule has 0 radical (unpaired) electrons. The highest BCUT2D eigenvalue weighted by molar-refractivity contribution is 5.89. The van der Waals surface area contributed by atoms with E-state index in [2.05, 4.69) is 0 Å². The summed E-state index contributed by atoms with van der Waals surface area (Å²) < 4.78 is 33.5. The molecule has 5 aromatic rings. The van der Waals surface area contributed by atoms with Crippen LogP contribution in [0.1, 0.15) is 11.1 Å². The van der Waals surface area contributed by atoms with Crippen molar-refractivity contribution in [2.45, 2.75) is 30.7 Å². The minimum Gasteiger partial charge on any atom is -0.508 e. The second-order valence-corrected chi connectivity index (χ2v) is 12.3. The first-order valence-electron chi connectivity index (χ1n) is 16.7. The van der Waals surface area contributed by atoms with Crippen LogP contribution < -0.4 is 14.9 Å². The summed E-state index contributed by atoms with van der Waals surface area (Å²) in [5.74, 6) is -4.07. The van der Waals surface area contributed by atoms with Gasteiger partial charge in [-0.15, -0.1) is 0 Å². The molecule has 1 fully saturated rings. The van der Waals surface area contributed by atoms with E-state index in [1.54, 1.807) is 0 Å². The topological polar surface area (TPSA) is 252 Å². The van der Waals surface area contributed by atoms with E-state index in [4.69, 9.17) is 28.1 Å². The van der Waals surface area contributed by atoms with Crippen molar-refractivity contribution in [2.24, 2.45) is 0 Å². The van der Waals surface area contributed by atoms with Crippen molar-refractivity contribution in [1.29, 1.82) is 0 Å². The zero-order valence-electron chi connectivity index (χ0n) is 29.2. The lowest BCUT2D eigenvalue weighted by atomic mass is 9.98. The Labute approximate surface area is 316 Å². The molecule has 4 aromatic carbocycles. The molecule has 6 rings (SSSR count). The number of aromatic hydroxyl groups is 5. The summed E-state index contributed by atoms with van der Waals surface area (Å²) in [7, 11) is 1.35. The molecule has 0 aliphatic carbocycles. The molecule has 0 bridgehead atoms. The van der Waals surface area contributed by atoms with Crippen molar-refractivity contribution < 1.29 is 73.4 Å². The number of rotatable bonds is 11. The monoisotopic (exact) mass is 770 g/mol. The van der Waals surface area contributed by atoms with Crippen LogP contribution in [0.3, 0.4) is 0 Å². The van der Waals surface area contributed by atoms with Crippen LogP contribution in [0.15, 0.2) is 100 Å². The summed E-state index contributed by atoms with van der Waals surface area (Å²) in [5.41, 5.74) is -0.110. The van der Waals surface area contributed by atoms with Crippen molar-refractivity contribution in [1.82, 2.24) is 0 Å². The Kier molecular flexibility index (Phi) is 11.4. The lowest BCUT2D eigenvalue weighted by Crippen LogP contribution is -2.61. The van der Waals surface area contributed by atoms with Gasteiger partial charge in [-0.3, -0.25) is 4.79 Å². The molecule has 1 aromatic heterocycles. The largest absolute Gasteiger partial charge is 0.508 e. The van der Waals surface area contributed by atoms with E-state index < -0.39 is 77.3 Å². The lowest BCUT2D eigenvalue weighted by Gasteiger charge is -2.41. The highest BCUT2D eigenvalue weighted by Crippen LogP contribution is 2.38. The Balaban J connectivity index is 1.31. The highest BCUT2D eigenvalue weighted by Gasteiger charge is 2.49. The predicted molar refractivity (Wildman–Crippen MR) is 196 cm³/mol. The molecule has 0 amide bonds. The van der Waals surface area contributed by atoms with Gasteiger partial charge in [0.2, 0.25) is 17.5 Å². The van der Waals surface area contributed by atoms with Crippen LogP contribution in [0.5, 0.6) is 40.2 Å². The molecular formula is C40H34O16. The van der Waals surface area contributed by atoms with E-state index in [0.29, 0.717) is 11.1 Å². The van der Waals surface area contributed by atoms with Crippen LogP contribution in [0.2, 0.25) is 0 Å². The third-order valence-corrected chi connectivity index (χ3v) is 8.49. The van der Waals surface area contributed by atoms with Crippen LogP contribution in [0.25, 0.3) is 34.4 Å². The number of hydrogen-bond donors (Lipinski definition) is 7. The van der Waals surface area contributed by atoms with Crippen molar-refractivity contribution in [3.05, 3.63) is 112 Å². The molecule has 56 heavy (non-hydrogen) atoms. The summed E-state index contributed by atoms with van der Waals surface area (Å²) in [6, 6.07) is 17.4. The Morgan fingerprint density at radius 2 is 1.39 bits per heavy atom. The molecule has 16 nitrogen and oxygen atoms in total. The minimum atomic E-state index is -2.01. The number of fused-ring (bicyclic) bond motifs is 1. The van der Waals surface area contributed by atoms with Gasteiger partial charge < -0.3 is 63.8 Å². The molecule has 0 spiro atoms. The maximum absolute atomic E-state index is 13.9. The normalized spacial score (nSPS) is 19.6. The lowest BCUT2D eigenvalue weighted by molar-refractivity contribution is -0.281. The van der Waals surface area contributed by atoms with Crippen LogP contribution in [0.4, 0.5) is 0 Å². The molecule has 1 aliphatic heterocycles. The van der Waals surface area contributed by atoms with Gasteiger partial charge in [0.1, 0.15) is 52.8 Å². The number of phenolic OH excluding ortho intramolecular Hbond substituents is 5. The summed E-state index contributed by atoms with van der Waals surface area (Å²) in [6.07, 6.45) is -4.41. The van der Waals surface area contributed by atoms with Crippen molar-refractivity contribution in [2.75, 3.05) is 13.7 Å². The number of carbonyl (C=O) groups excluding carboxylic acids is 2. The van der Waals surface area contributed by atoms with Gasteiger partial charge in [-0.05, 0) is 71.8 Å². The number of ether oxygens (including phenoxy) is 5. The van der Waals surface area contributed by atoms with Gasteiger partial charge in [-0.25, -0.2) is 9.59 Å². The van der Waals surface area contributed by atoms with Gasteiger partial charge in [0, 0.05) is 29.8 Å². The van der Waals surface area contributed by atoms with Crippen LogP contribution in [-0.4, -0.2) is 92.1 Å². The van der Waals surface area contributed by atoms with Gasteiger partial charge in [0.05, 0.1) is 7.11 Å². The fraction of sp³-hybridized carbons (Fsp3) is 0.175. The molecule has 5 atom stereocenters. The quantitative estimate of drug-likeness (QED) is 0.0747. The second-order valence-electron chi connectivity index (χ2n) is 12.3. The molecular weight excluding hydrogens is 736 g/mol. The predicted octanol–water partition coefficient (Wildman–Crippen LogP) is 3.70. The van der Waals surface area contributed by atoms with E-state index in [1.165, 1.54) is 86.0 Å². The van der Waals surface area contributed by atoms with E-state index >= 15 is 0 Å². The summed E-state index contributed by atoms with van der Waals surface area (Å²) in [4.78, 5) is 39.7. The molecule has 290 valence electrons. The zero-order valence-corrected chi connectivity index (χ0v) is 29.2. The fourth-order valence-electron chi connectivity index (χ4n) is 5.67. The van der Waals surface area contributed by atoms with Gasteiger partial charge in [0.25, 0.3) is 0 Å². The second kappa shape index (κ2) is 16.6. The van der Waals surface area contributed by atoms with Crippen molar-refractivity contribution >= 4 is 35.1 Å². The summed E-state index contributed by atoms with van der Waals surface area (Å²) >= 11 is 0. The molecule has 0 saturated carbocycles. The zero-order chi connectivity index (χ0) is 40.1. The Bertz CT molecular complexity index is 2350. The smallest absolute Gasteiger partial charge is 0.331 e. The first kappa shape index (κ1) is 38.7. The number of phenols is 5. The number of carbonyl (C=O) groups is 2. The van der Waals surface area contributed by atoms with Crippen LogP contribution in [0, 0.1) is 0 Å². The summed E-state index contributed by atoms with van der Waals surface area (Å²) in [6.45, 7) is -0.690. The average Bonchev–Trinajstić information content (AvgIpc) is 3.17. The number of esters is 2. The average molecular weight is 771 g/mol. The third-order valence-electron chi connectivity index (χ3n) is 8.49. The molecule has 16 heteroatoms. The van der Waals surface area contributed by atoms with E-state index in [1.807, 2.05) is 0 Å². The van der Waals surface area contributed by atoms with E-state index in [-0.39, 0.29) is 39.9 Å². The van der Waals surface area contributed by atoms with Crippen molar-refractivity contribution in [3.8, 4) is 51.6 Å². The fourth-order valence-corrected chi connectivity index (χ4v) is 5.67. The SMILES string of the molecule is COc1cc(C=CC(=O)OCC2OC(Oc3c(-c4ccc(O)cc4)oc4cc(O)cc(O)c4c3=O)C(O)C(OC(=O)C=Cc3ccc(O)cc3)C2O)ccc1O. The number of methoxy groups -OCH3 is 1. The van der Waals surface area contributed by atoms with E-state index in [0.717, 1.165) is 24.3 Å². The first-order chi connectivity index (χ1) is 26.8. The maximum atomic E-state index is 13.9. The molecule has 2 heterocycles. The Morgan fingerprint density at radius 1 is 0.750 bits per heavy atom. The van der Waals surface area contributed by atoms with Crippen molar-refractivity contribution in [3.63, 3.8) is 0 Å². The standard InChI is InChI=1S/C40H34O16/c1-51-28-16-21(4-13-26(28)44)6-14-31(46)52-19-30-34(48)38(55-32(47)15-5-20-2-9-23(41)10-3-20)36(50)40(54-30)56-39-35(49)33-27(45)17-25(43)18-29(33)53-37(39)22-7-11-24(42)12-8-22/h2-18,30,34,36,38,40-45,48,50H,19H2,1H3. The van der Waals surface area contributed by atoms with Gasteiger partial charge >= 0.3 is 11.9 Å². The number of hydrogen-bond acceptors (Lipinski definition) is 16. The highest BCUT2D eigenvalue weighted by atomic mass is 16.7. The molecule has 7 N–H and O–H groups in total.